The maximum absolute atomic E-state index is 12.2. The van der Waals surface area contributed by atoms with Gasteiger partial charge in [0.05, 0.1) is 11.3 Å². The second kappa shape index (κ2) is 7.09. The summed E-state index contributed by atoms with van der Waals surface area (Å²) in [5.41, 5.74) is 5.99. The standard InChI is InChI=1S/C21H20N2O/c1-15-3-7-17(8-4-15)13-23-21(24)19-11-12-20(22-14-19)18-9-5-16(2)6-10-18/h3-12,14H,13H2,1-2H3,(H,23,24). The zero-order valence-corrected chi connectivity index (χ0v) is 13.9. The number of aromatic nitrogens is 1. The molecule has 3 heteroatoms. The number of hydrogen-bond acceptors (Lipinski definition) is 2. The predicted octanol–water partition coefficient (Wildman–Crippen LogP) is 4.30. The van der Waals surface area contributed by atoms with Crippen LogP contribution in [0.25, 0.3) is 11.3 Å². The Kier molecular flexibility index (Phi) is 4.71. The highest BCUT2D eigenvalue weighted by Gasteiger charge is 2.07. The monoisotopic (exact) mass is 316 g/mol. The Bertz CT molecular complexity index is 819. The van der Waals surface area contributed by atoms with E-state index in [4.69, 9.17) is 0 Å². The highest BCUT2D eigenvalue weighted by atomic mass is 16.1. The summed E-state index contributed by atoms with van der Waals surface area (Å²) in [6.07, 6.45) is 1.62. The number of amides is 1. The molecule has 1 heterocycles. The first-order chi connectivity index (χ1) is 11.6. The summed E-state index contributed by atoms with van der Waals surface area (Å²) in [7, 11) is 0. The summed E-state index contributed by atoms with van der Waals surface area (Å²) in [5, 5.41) is 2.92. The van der Waals surface area contributed by atoms with Gasteiger partial charge in [-0.05, 0) is 31.5 Å². The third kappa shape index (κ3) is 3.87. The van der Waals surface area contributed by atoms with Gasteiger partial charge >= 0.3 is 0 Å². The Morgan fingerprint density at radius 2 is 1.50 bits per heavy atom. The van der Waals surface area contributed by atoms with Gasteiger partial charge in [0.25, 0.3) is 5.91 Å². The number of rotatable bonds is 4. The fourth-order valence-electron chi connectivity index (χ4n) is 2.41. The maximum atomic E-state index is 12.2. The molecule has 0 spiro atoms. The summed E-state index contributed by atoms with van der Waals surface area (Å²) in [6, 6.07) is 20.0. The molecule has 0 aliphatic carbocycles. The van der Waals surface area contributed by atoms with Crippen LogP contribution in [-0.4, -0.2) is 10.9 Å². The molecule has 1 aromatic heterocycles. The van der Waals surface area contributed by atoms with Crippen molar-refractivity contribution in [1.82, 2.24) is 10.3 Å². The van der Waals surface area contributed by atoms with Crippen molar-refractivity contribution >= 4 is 5.91 Å². The van der Waals surface area contributed by atoms with Gasteiger partial charge in [-0.2, -0.15) is 0 Å². The lowest BCUT2D eigenvalue weighted by molar-refractivity contribution is 0.0950. The van der Waals surface area contributed by atoms with Crippen LogP contribution in [0, 0.1) is 13.8 Å². The zero-order valence-electron chi connectivity index (χ0n) is 13.9. The molecule has 24 heavy (non-hydrogen) atoms. The highest BCUT2D eigenvalue weighted by Crippen LogP contribution is 2.17. The average Bonchev–Trinajstić information content (AvgIpc) is 2.62. The summed E-state index contributed by atoms with van der Waals surface area (Å²) in [5.74, 6) is -0.112. The van der Waals surface area contributed by atoms with Crippen molar-refractivity contribution in [2.75, 3.05) is 0 Å². The van der Waals surface area contributed by atoms with E-state index in [1.54, 1.807) is 6.20 Å². The van der Waals surface area contributed by atoms with E-state index in [2.05, 4.69) is 29.4 Å². The SMILES string of the molecule is Cc1ccc(CNC(=O)c2ccc(-c3ccc(C)cc3)nc2)cc1. The summed E-state index contributed by atoms with van der Waals surface area (Å²) < 4.78 is 0. The van der Waals surface area contributed by atoms with Crippen molar-refractivity contribution in [2.24, 2.45) is 0 Å². The number of aryl methyl sites for hydroxylation is 2. The largest absolute Gasteiger partial charge is 0.348 e. The number of carbonyl (C=O) groups is 1. The molecule has 2 aromatic carbocycles. The lowest BCUT2D eigenvalue weighted by atomic mass is 10.1. The van der Waals surface area contributed by atoms with Crippen LogP contribution in [0.5, 0.6) is 0 Å². The minimum Gasteiger partial charge on any atom is -0.348 e. The third-order valence-corrected chi connectivity index (χ3v) is 3.95. The Balaban J connectivity index is 1.65. The molecule has 0 saturated heterocycles. The molecular weight excluding hydrogens is 296 g/mol. The van der Waals surface area contributed by atoms with Gasteiger partial charge < -0.3 is 5.32 Å². The van der Waals surface area contributed by atoms with E-state index in [-0.39, 0.29) is 5.91 Å². The average molecular weight is 316 g/mol. The van der Waals surface area contributed by atoms with Gasteiger partial charge in [0.2, 0.25) is 0 Å². The number of nitrogens with one attached hydrogen (secondary N) is 1. The number of carbonyl (C=O) groups excluding carboxylic acids is 1. The van der Waals surface area contributed by atoms with Crippen LogP contribution in [-0.2, 0) is 6.54 Å². The predicted molar refractivity (Wildman–Crippen MR) is 96.8 cm³/mol. The van der Waals surface area contributed by atoms with Crippen molar-refractivity contribution in [1.29, 1.82) is 0 Å². The van der Waals surface area contributed by atoms with Gasteiger partial charge in [-0.15, -0.1) is 0 Å². The fraction of sp³-hybridized carbons (Fsp3) is 0.143. The molecule has 0 aliphatic heterocycles. The zero-order chi connectivity index (χ0) is 16.9. The first-order valence-corrected chi connectivity index (χ1v) is 7.99. The second-order valence-corrected chi connectivity index (χ2v) is 5.97. The quantitative estimate of drug-likeness (QED) is 0.780. The molecule has 3 aromatic rings. The van der Waals surface area contributed by atoms with Gasteiger partial charge in [0, 0.05) is 18.3 Å². The fourth-order valence-corrected chi connectivity index (χ4v) is 2.41. The topological polar surface area (TPSA) is 42.0 Å². The lowest BCUT2D eigenvalue weighted by Gasteiger charge is -2.07. The molecule has 0 unspecified atom stereocenters. The second-order valence-electron chi connectivity index (χ2n) is 5.97. The van der Waals surface area contributed by atoms with E-state index in [1.807, 2.05) is 55.5 Å². The van der Waals surface area contributed by atoms with E-state index in [0.29, 0.717) is 12.1 Å². The summed E-state index contributed by atoms with van der Waals surface area (Å²) in [4.78, 5) is 16.6. The molecule has 0 atom stereocenters. The summed E-state index contributed by atoms with van der Waals surface area (Å²) >= 11 is 0. The van der Waals surface area contributed by atoms with Crippen LogP contribution in [0.4, 0.5) is 0 Å². The van der Waals surface area contributed by atoms with Crippen LogP contribution in [0.3, 0.4) is 0 Å². The molecular formula is C21H20N2O. The van der Waals surface area contributed by atoms with Gasteiger partial charge in [0.15, 0.2) is 0 Å². The highest BCUT2D eigenvalue weighted by molar-refractivity contribution is 5.94. The molecule has 1 amide bonds. The molecule has 0 bridgehead atoms. The van der Waals surface area contributed by atoms with Gasteiger partial charge in [-0.1, -0.05) is 59.7 Å². The van der Waals surface area contributed by atoms with Crippen molar-refractivity contribution in [3.8, 4) is 11.3 Å². The van der Waals surface area contributed by atoms with Crippen molar-refractivity contribution in [3.63, 3.8) is 0 Å². The van der Waals surface area contributed by atoms with Crippen LogP contribution in [0.15, 0.2) is 66.9 Å². The normalized spacial score (nSPS) is 10.4. The maximum Gasteiger partial charge on any atom is 0.253 e. The van der Waals surface area contributed by atoms with Crippen molar-refractivity contribution in [3.05, 3.63) is 89.1 Å². The van der Waals surface area contributed by atoms with Crippen LogP contribution in [0.2, 0.25) is 0 Å². The minimum absolute atomic E-state index is 0.112. The Hall–Kier alpha value is -2.94. The summed E-state index contributed by atoms with van der Waals surface area (Å²) in [6.45, 7) is 4.61. The van der Waals surface area contributed by atoms with Crippen LogP contribution in [0.1, 0.15) is 27.0 Å². The molecule has 0 radical (unpaired) electrons. The Morgan fingerprint density at radius 1 is 0.875 bits per heavy atom. The number of pyridine rings is 1. The van der Waals surface area contributed by atoms with Crippen molar-refractivity contribution < 1.29 is 4.79 Å². The van der Waals surface area contributed by atoms with Crippen LogP contribution < -0.4 is 5.32 Å². The first kappa shape index (κ1) is 15.9. The molecule has 1 N–H and O–H groups in total. The lowest BCUT2D eigenvalue weighted by Crippen LogP contribution is -2.22. The molecule has 120 valence electrons. The van der Waals surface area contributed by atoms with Crippen molar-refractivity contribution in [2.45, 2.75) is 20.4 Å². The smallest absolute Gasteiger partial charge is 0.253 e. The van der Waals surface area contributed by atoms with Gasteiger partial charge in [-0.3, -0.25) is 9.78 Å². The molecule has 3 nitrogen and oxygen atoms in total. The number of nitrogens with zero attached hydrogens (tertiary/aromatic N) is 1. The molecule has 0 saturated carbocycles. The molecule has 3 rings (SSSR count). The number of hydrogen-bond donors (Lipinski definition) is 1. The van der Waals surface area contributed by atoms with E-state index < -0.39 is 0 Å². The minimum atomic E-state index is -0.112. The molecule has 0 aliphatic rings. The van der Waals surface area contributed by atoms with E-state index in [1.165, 1.54) is 11.1 Å². The Morgan fingerprint density at radius 3 is 2.08 bits per heavy atom. The Labute approximate surface area is 142 Å². The van der Waals surface area contributed by atoms with E-state index >= 15 is 0 Å². The number of benzene rings is 2. The molecule has 0 fully saturated rings. The third-order valence-electron chi connectivity index (χ3n) is 3.95. The van der Waals surface area contributed by atoms with Gasteiger partial charge in [-0.25, -0.2) is 0 Å². The van der Waals surface area contributed by atoms with E-state index in [0.717, 1.165) is 16.8 Å². The van der Waals surface area contributed by atoms with E-state index in [9.17, 15) is 4.79 Å². The van der Waals surface area contributed by atoms with Gasteiger partial charge in [0.1, 0.15) is 0 Å². The van der Waals surface area contributed by atoms with Crippen LogP contribution >= 0.6 is 0 Å². The first-order valence-electron chi connectivity index (χ1n) is 7.99.